The van der Waals surface area contributed by atoms with Crippen molar-refractivity contribution in [3.63, 3.8) is 0 Å². The Labute approximate surface area is 178 Å². The number of amides is 2. The van der Waals surface area contributed by atoms with Gasteiger partial charge in [-0.25, -0.2) is 9.37 Å². The number of imidazole rings is 1. The third-order valence-corrected chi connectivity index (χ3v) is 5.75. The van der Waals surface area contributed by atoms with E-state index in [1.54, 1.807) is 23.4 Å². The Balaban J connectivity index is 1.56. The molecule has 4 rings (SSSR count). The molecule has 3 aromatic rings. The first-order chi connectivity index (χ1) is 14.6. The average molecular weight is 425 g/mol. The molecule has 6 nitrogen and oxygen atoms in total. The molecule has 1 aliphatic rings. The van der Waals surface area contributed by atoms with Crippen LogP contribution in [0.5, 0.6) is 0 Å². The Kier molecular flexibility index (Phi) is 6.13. The van der Waals surface area contributed by atoms with Gasteiger partial charge in [0.2, 0.25) is 5.91 Å². The third kappa shape index (κ3) is 4.71. The minimum Gasteiger partial charge on any atom is -0.332 e. The number of nitrogens with zero attached hydrogens (tertiary/aromatic N) is 3. The summed E-state index contributed by atoms with van der Waals surface area (Å²) < 4.78 is 15.2. The maximum Gasteiger partial charge on any atom is 0.281 e. The van der Waals surface area contributed by atoms with Gasteiger partial charge in [0.15, 0.2) is 0 Å². The molecule has 1 aliphatic heterocycles. The van der Waals surface area contributed by atoms with Crippen LogP contribution in [0.15, 0.2) is 60.9 Å². The van der Waals surface area contributed by atoms with E-state index < -0.39 is 0 Å². The first-order valence-corrected chi connectivity index (χ1v) is 10.7. The number of hydrogen-bond acceptors (Lipinski definition) is 4. The van der Waals surface area contributed by atoms with Crippen LogP contribution in [-0.4, -0.2) is 44.4 Å². The molecule has 0 radical (unpaired) electrons. The van der Waals surface area contributed by atoms with Crippen molar-refractivity contribution in [3.8, 4) is 11.3 Å². The van der Waals surface area contributed by atoms with Crippen molar-refractivity contribution in [3.05, 3.63) is 72.3 Å². The second-order valence-electron chi connectivity index (χ2n) is 6.96. The number of thioether (sulfide) groups is 1. The molecule has 30 heavy (non-hydrogen) atoms. The average Bonchev–Trinajstić information content (AvgIpc) is 3.34. The van der Waals surface area contributed by atoms with Gasteiger partial charge in [-0.05, 0) is 29.8 Å². The Morgan fingerprint density at radius 1 is 1.13 bits per heavy atom. The molecule has 0 atom stereocenters. The van der Waals surface area contributed by atoms with E-state index in [9.17, 15) is 14.0 Å². The smallest absolute Gasteiger partial charge is 0.281 e. The van der Waals surface area contributed by atoms with E-state index in [0.29, 0.717) is 36.7 Å². The summed E-state index contributed by atoms with van der Waals surface area (Å²) in [5, 5.41) is 2.97. The molecule has 1 aromatic heterocycles. The standard InChI is InChI=1S/C22H21FN4O2S/c23-18-8-6-17(7-9-18)20-21(25-19(28)10-11-26-12-13-30-22(26)29)27(15-24-20)14-16-4-2-1-3-5-16/h1-9,15H,10-14H2,(H,25,28). The summed E-state index contributed by atoms with van der Waals surface area (Å²) in [6, 6.07) is 15.9. The van der Waals surface area contributed by atoms with Crippen LogP contribution in [0.1, 0.15) is 12.0 Å². The second kappa shape index (κ2) is 9.13. The summed E-state index contributed by atoms with van der Waals surface area (Å²) in [5.74, 6) is 0.788. The number of halogens is 1. The number of aromatic nitrogens is 2. The summed E-state index contributed by atoms with van der Waals surface area (Å²) in [6.07, 6.45) is 1.87. The van der Waals surface area contributed by atoms with Crippen LogP contribution in [0.4, 0.5) is 15.0 Å². The number of benzene rings is 2. The Morgan fingerprint density at radius 3 is 2.60 bits per heavy atom. The van der Waals surface area contributed by atoms with Gasteiger partial charge in [-0.3, -0.25) is 9.59 Å². The van der Waals surface area contributed by atoms with Crippen molar-refractivity contribution < 1.29 is 14.0 Å². The molecular formula is C22H21FN4O2S. The van der Waals surface area contributed by atoms with Gasteiger partial charge in [0.1, 0.15) is 17.3 Å². The molecule has 1 saturated heterocycles. The maximum absolute atomic E-state index is 13.4. The summed E-state index contributed by atoms with van der Waals surface area (Å²) >= 11 is 1.28. The lowest BCUT2D eigenvalue weighted by Gasteiger charge is -2.15. The molecule has 8 heteroatoms. The molecule has 0 unspecified atom stereocenters. The molecule has 0 bridgehead atoms. The van der Waals surface area contributed by atoms with Crippen LogP contribution < -0.4 is 5.32 Å². The van der Waals surface area contributed by atoms with Crippen molar-refractivity contribution in [1.82, 2.24) is 14.5 Å². The van der Waals surface area contributed by atoms with Gasteiger partial charge in [0, 0.05) is 30.8 Å². The van der Waals surface area contributed by atoms with Gasteiger partial charge < -0.3 is 14.8 Å². The third-order valence-electron chi connectivity index (χ3n) is 4.86. The Bertz CT molecular complexity index is 1040. The van der Waals surface area contributed by atoms with E-state index in [2.05, 4.69) is 10.3 Å². The van der Waals surface area contributed by atoms with Gasteiger partial charge in [-0.15, -0.1) is 0 Å². The molecule has 2 amide bonds. The molecule has 0 spiro atoms. The van der Waals surface area contributed by atoms with Crippen LogP contribution >= 0.6 is 11.8 Å². The van der Waals surface area contributed by atoms with Gasteiger partial charge in [-0.2, -0.15) is 0 Å². The molecule has 1 fully saturated rings. The Morgan fingerprint density at radius 2 is 1.90 bits per heavy atom. The highest BCUT2D eigenvalue weighted by Crippen LogP contribution is 2.28. The zero-order chi connectivity index (χ0) is 20.9. The van der Waals surface area contributed by atoms with Crippen molar-refractivity contribution in [2.75, 3.05) is 24.2 Å². The summed E-state index contributed by atoms with van der Waals surface area (Å²) in [5.41, 5.74) is 2.35. The number of hydrogen-bond donors (Lipinski definition) is 1. The number of rotatable bonds is 7. The van der Waals surface area contributed by atoms with Gasteiger partial charge in [0.25, 0.3) is 5.24 Å². The fourth-order valence-electron chi connectivity index (χ4n) is 3.29. The van der Waals surface area contributed by atoms with Crippen LogP contribution in [0.2, 0.25) is 0 Å². The minimum atomic E-state index is -0.332. The highest BCUT2D eigenvalue weighted by atomic mass is 32.2. The lowest BCUT2D eigenvalue weighted by molar-refractivity contribution is -0.116. The minimum absolute atomic E-state index is 0.0175. The summed E-state index contributed by atoms with van der Waals surface area (Å²) in [7, 11) is 0. The van der Waals surface area contributed by atoms with Gasteiger partial charge >= 0.3 is 0 Å². The van der Waals surface area contributed by atoms with Crippen LogP contribution in [0.25, 0.3) is 11.3 Å². The predicted octanol–water partition coefficient (Wildman–Crippen LogP) is 4.23. The first kappa shape index (κ1) is 20.2. The highest BCUT2D eigenvalue weighted by Gasteiger charge is 2.22. The molecule has 0 aliphatic carbocycles. The van der Waals surface area contributed by atoms with Crippen LogP contribution in [0.3, 0.4) is 0 Å². The largest absolute Gasteiger partial charge is 0.332 e. The van der Waals surface area contributed by atoms with Crippen molar-refractivity contribution in [1.29, 1.82) is 0 Å². The Hall–Kier alpha value is -3.13. The fourth-order valence-corrected chi connectivity index (χ4v) is 4.14. The van der Waals surface area contributed by atoms with E-state index in [1.165, 1.54) is 23.9 Å². The highest BCUT2D eigenvalue weighted by molar-refractivity contribution is 8.13. The van der Waals surface area contributed by atoms with E-state index in [1.807, 2.05) is 34.9 Å². The van der Waals surface area contributed by atoms with Gasteiger partial charge in [-0.1, -0.05) is 42.1 Å². The van der Waals surface area contributed by atoms with E-state index in [4.69, 9.17) is 0 Å². The van der Waals surface area contributed by atoms with Gasteiger partial charge in [0.05, 0.1) is 12.9 Å². The SMILES string of the molecule is O=C(CCN1CCSC1=O)Nc1c(-c2ccc(F)cc2)ncn1Cc1ccccc1. The van der Waals surface area contributed by atoms with Crippen molar-refractivity contribution in [2.45, 2.75) is 13.0 Å². The lowest BCUT2D eigenvalue weighted by atomic mass is 10.1. The normalized spacial score (nSPS) is 13.6. The zero-order valence-electron chi connectivity index (χ0n) is 16.3. The quantitative estimate of drug-likeness (QED) is 0.616. The molecule has 1 N–H and O–H groups in total. The fraction of sp³-hybridized carbons (Fsp3) is 0.227. The number of anilines is 1. The predicted molar refractivity (Wildman–Crippen MR) is 116 cm³/mol. The summed E-state index contributed by atoms with van der Waals surface area (Å²) in [6.45, 7) is 1.59. The molecule has 0 saturated carbocycles. The molecule has 2 heterocycles. The lowest BCUT2D eigenvalue weighted by Crippen LogP contribution is -2.28. The van der Waals surface area contributed by atoms with E-state index in [0.717, 1.165) is 11.3 Å². The van der Waals surface area contributed by atoms with Crippen LogP contribution in [-0.2, 0) is 11.3 Å². The summed E-state index contributed by atoms with van der Waals surface area (Å²) in [4.78, 5) is 30.6. The number of nitrogens with one attached hydrogen (secondary N) is 1. The first-order valence-electron chi connectivity index (χ1n) is 9.67. The molecule has 154 valence electrons. The topological polar surface area (TPSA) is 67.2 Å². The van der Waals surface area contributed by atoms with E-state index >= 15 is 0 Å². The number of carbonyl (C=O) groups excluding carboxylic acids is 2. The number of carbonyl (C=O) groups is 2. The second-order valence-corrected chi connectivity index (χ2v) is 8.01. The molecule has 2 aromatic carbocycles. The van der Waals surface area contributed by atoms with E-state index in [-0.39, 0.29) is 23.4 Å². The molecular weight excluding hydrogens is 403 g/mol. The maximum atomic E-state index is 13.4. The van der Waals surface area contributed by atoms with Crippen molar-refractivity contribution >= 4 is 28.7 Å². The van der Waals surface area contributed by atoms with Crippen molar-refractivity contribution in [2.24, 2.45) is 0 Å². The van der Waals surface area contributed by atoms with Crippen LogP contribution in [0, 0.1) is 5.82 Å². The zero-order valence-corrected chi connectivity index (χ0v) is 17.1. The monoisotopic (exact) mass is 424 g/mol.